The molecule has 102 valence electrons. The van der Waals surface area contributed by atoms with E-state index in [1.54, 1.807) is 24.1 Å². The van der Waals surface area contributed by atoms with E-state index in [-0.39, 0.29) is 24.3 Å². The zero-order valence-electron chi connectivity index (χ0n) is 10.7. The minimum Gasteiger partial charge on any atom is -0.336 e. The molecule has 0 spiro atoms. The maximum absolute atomic E-state index is 12.8. The van der Waals surface area contributed by atoms with Gasteiger partial charge in [-0.1, -0.05) is 12.1 Å². The Kier molecular flexibility index (Phi) is 4.11. The van der Waals surface area contributed by atoms with Crippen LogP contribution in [0.2, 0.25) is 0 Å². The number of carbonyl (C=O) groups is 2. The van der Waals surface area contributed by atoms with Crippen LogP contribution in [0.3, 0.4) is 0 Å². The Morgan fingerprint density at radius 1 is 1.42 bits per heavy atom. The summed E-state index contributed by atoms with van der Waals surface area (Å²) in [7, 11) is 1.79. The lowest BCUT2D eigenvalue weighted by molar-refractivity contribution is -0.128. The van der Waals surface area contributed by atoms with Crippen molar-refractivity contribution in [2.75, 3.05) is 26.7 Å². The third-order valence-corrected chi connectivity index (χ3v) is 2.93. The van der Waals surface area contributed by atoms with Gasteiger partial charge < -0.3 is 5.32 Å². The number of nitrogens with zero attached hydrogens (tertiary/aromatic N) is 2. The van der Waals surface area contributed by atoms with Gasteiger partial charge in [0, 0.05) is 19.6 Å². The topological polar surface area (TPSA) is 52.7 Å². The third-order valence-electron chi connectivity index (χ3n) is 2.93. The monoisotopic (exact) mass is 265 g/mol. The molecular formula is C13H16FN3O2. The van der Waals surface area contributed by atoms with Crippen LogP contribution in [0.4, 0.5) is 9.18 Å². The van der Waals surface area contributed by atoms with Gasteiger partial charge in [-0.15, -0.1) is 0 Å². The van der Waals surface area contributed by atoms with Crippen LogP contribution < -0.4 is 5.32 Å². The predicted molar refractivity (Wildman–Crippen MR) is 67.8 cm³/mol. The molecule has 0 bridgehead atoms. The average Bonchev–Trinajstić information content (AvgIpc) is 2.78. The average molecular weight is 265 g/mol. The highest BCUT2D eigenvalue weighted by atomic mass is 19.1. The third kappa shape index (κ3) is 3.51. The van der Waals surface area contributed by atoms with Gasteiger partial charge >= 0.3 is 6.03 Å². The van der Waals surface area contributed by atoms with Crippen molar-refractivity contribution < 1.29 is 14.0 Å². The van der Waals surface area contributed by atoms with Gasteiger partial charge in [-0.2, -0.15) is 0 Å². The summed E-state index contributed by atoms with van der Waals surface area (Å²) in [5.41, 5.74) is 0.919. The molecule has 1 aromatic carbocycles. The molecule has 0 radical (unpaired) electrons. The first-order chi connectivity index (χ1) is 9.06. The first kappa shape index (κ1) is 13.5. The highest BCUT2D eigenvalue weighted by molar-refractivity contribution is 5.96. The number of amides is 3. The Labute approximate surface area is 111 Å². The van der Waals surface area contributed by atoms with E-state index in [0.717, 1.165) is 5.56 Å². The van der Waals surface area contributed by atoms with E-state index in [2.05, 4.69) is 5.32 Å². The van der Waals surface area contributed by atoms with E-state index in [1.165, 1.54) is 17.0 Å². The largest absolute Gasteiger partial charge is 0.336 e. The fourth-order valence-corrected chi connectivity index (χ4v) is 1.98. The predicted octanol–water partition coefficient (Wildman–Crippen LogP) is 0.809. The van der Waals surface area contributed by atoms with Crippen LogP contribution in [0.25, 0.3) is 0 Å². The Hall–Kier alpha value is -1.95. The van der Waals surface area contributed by atoms with Crippen LogP contribution in [0.15, 0.2) is 24.3 Å². The Morgan fingerprint density at radius 2 is 2.11 bits per heavy atom. The van der Waals surface area contributed by atoms with Crippen molar-refractivity contribution in [2.24, 2.45) is 0 Å². The number of imide groups is 1. The number of urea groups is 1. The molecule has 3 amide bonds. The van der Waals surface area contributed by atoms with E-state index in [9.17, 15) is 14.0 Å². The maximum Gasteiger partial charge on any atom is 0.324 e. The fraction of sp³-hybridized carbons (Fsp3) is 0.385. The van der Waals surface area contributed by atoms with Crippen molar-refractivity contribution >= 4 is 11.9 Å². The van der Waals surface area contributed by atoms with E-state index >= 15 is 0 Å². The molecule has 0 saturated carbocycles. The van der Waals surface area contributed by atoms with Gasteiger partial charge in [0.1, 0.15) is 5.82 Å². The molecule has 1 aliphatic heterocycles. The zero-order valence-corrected chi connectivity index (χ0v) is 10.7. The molecule has 1 N–H and O–H groups in total. The summed E-state index contributed by atoms with van der Waals surface area (Å²) in [6.45, 7) is 1.61. The van der Waals surface area contributed by atoms with Crippen LogP contribution in [0, 0.1) is 5.82 Å². The van der Waals surface area contributed by atoms with Gasteiger partial charge in [0.2, 0.25) is 5.91 Å². The van der Waals surface area contributed by atoms with Crippen LogP contribution >= 0.6 is 0 Å². The number of hydrogen-bond donors (Lipinski definition) is 1. The van der Waals surface area contributed by atoms with E-state index in [1.807, 2.05) is 0 Å². The number of nitrogens with one attached hydrogen (secondary N) is 1. The second-order valence-corrected chi connectivity index (χ2v) is 4.58. The van der Waals surface area contributed by atoms with Crippen LogP contribution in [0.5, 0.6) is 0 Å². The summed E-state index contributed by atoms with van der Waals surface area (Å²) in [5.74, 6) is -0.504. The minimum atomic E-state index is -0.333. The number of carbonyl (C=O) groups excluding carboxylic acids is 2. The molecule has 1 saturated heterocycles. The highest BCUT2D eigenvalue weighted by Crippen LogP contribution is 2.06. The summed E-state index contributed by atoms with van der Waals surface area (Å²) in [6.07, 6.45) is 0. The summed E-state index contributed by atoms with van der Waals surface area (Å²) < 4.78 is 12.8. The number of benzene rings is 1. The minimum absolute atomic E-state index is 0.158. The maximum atomic E-state index is 12.8. The lowest BCUT2D eigenvalue weighted by Crippen LogP contribution is -2.40. The summed E-state index contributed by atoms with van der Waals surface area (Å²) in [4.78, 5) is 26.2. The molecule has 19 heavy (non-hydrogen) atoms. The quantitative estimate of drug-likeness (QED) is 0.876. The van der Waals surface area contributed by atoms with Gasteiger partial charge in [0.05, 0.1) is 6.54 Å². The van der Waals surface area contributed by atoms with Crippen molar-refractivity contribution in [2.45, 2.75) is 6.54 Å². The van der Waals surface area contributed by atoms with Gasteiger partial charge in [0.25, 0.3) is 0 Å². The standard InChI is InChI=1S/C13H16FN3O2/c1-16(8-10-2-4-11(14)5-3-10)9-12(18)17-7-6-15-13(17)19/h2-5H,6-9H2,1H3,(H,15,19). The van der Waals surface area contributed by atoms with Crippen molar-refractivity contribution in [3.05, 3.63) is 35.6 Å². The molecule has 1 heterocycles. The Morgan fingerprint density at radius 3 is 2.68 bits per heavy atom. The summed E-state index contributed by atoms with van der Waals surface area (Å²) in [5, 5.41) is 2.59. The fourth-order valence-electron chi connectivity index (χ4n) is 1.98. The molecule has 6 heteroatoms. The lowest BCUT2D eigenvalue weighted by atomic mass is 10.2. The van der Waals surface area contributed by atoms with Gasteiger partial charge in [-0.05, 0) is 24.7 Å². The molecule has 0 atom stereocenters. The molecule has 2 rings (SSSR count). The second kappa shape index (κ2) is 5.79. The second-order valence-electron chi connectivity index (χ2n) is 4.58. The SMILES string of the molecule is CN(CC(=O)N1CCNC1=O)Cc1ccc(F)cc1. The number of rotatable bonds is 4. The zero-order chi connectivity index (χ0) is 13.8. The summed E-state index contributed by atoms with van der Waals surface area (Å²) >= 11 is 0. The smallest absolute Gasteiger partial charge is 0.324 e. The van der Waals surface area contributed by atoms with Crippen molar-refractivity contribution in [1.29, 1.82) is 0 Å². The summed E-state index contributed by atoms with van der Waals surface area (Å²) in [6, 6.07) is 5.80. The van der Waals surface area contributed by atoms with Crippen LogP contribution in [-0.2, 0) is 11.3 Å². The van der Waals surface area contributed by atoms with Crippen molar-refractivity contribution in [3.63, 3.8) is 0 Å². The number of halogens is 1. The normalized spacial score (nSPS) is 14.9. The Balaban J connectivity index is 1.87. The van der Waals surface area contributed by atoms with E-state index in [4.69, 9.17) is 0 Å². The first-order valence-corrected chi connectivity index (χ1v) is 6.07. The molecule has 1 aliphatic rings. The molecule has 0 aliphatic carbocycles. The number of hydrogen-bond acceptors (Lipinski definition) is 3. The van der Waals surface area contributed by atoms with Gasteiger partial charge in [-0.25, -0.2) is 9.18 Å². The van der Waals surface area contributed by atoms with Crippen molar-refractivity contribution in [1.82, 2.24) is 15.1 Å². The van der Waals surface area contributed by atoms with Crippen LogP contribution in [-0.4, -0.2) is 48.4 Å². The highest BCUT2D eigenvalue weighted by Gasteiger charge is 2.26. The van der Waals surface area contributed by atoms with E-state index in [0.29, 0.717) is 19.6 Å². The number of likely N-dealkylation sites (N-methyl/N-ethyl adjacent to an activating group) is 1. The Bertz CT molecular complexity index is 475. The molecule has 5 nitrogen and oxygen atoms in total. The first-order valence-electron chi connectivity index (χ1n) is 6.07. The molecule has 1 fully saturated rings. The van der Waals surface area contributed by atoms with Gasteiger partial charge in [-0.3, -0.25) is 14.6 Å². The molecule has 1 aromatic rings. The van der Waals surface area contributed by atoms with E-state index < -0.39 is 0 Å². The van der Waals surface area contributed by atoms with Crippen molar-refractivity contribution in [3.8, 4) is 0 Å². The van der Waals surface area contributed by atoms with Gasteiger partial charge in [0.15, 0.2) is 0 Å². The molecular weight excluding hydrogens is 249 g/mol. The molecule has 0 unspecified atom stereocenters. The van der Waals surface area contributed by atoms with Crippen LogP contribution in [0.1, 0.15) is 5.56 Å². The lowest BCUT2D eigenvalue weighted by Gasteiger charge is -2.19. The molecule has 0 aromatic heterocycles.